The van der Waals surface area contributed by atoms with E-state index in [1.165, 1.54) is 6.07 Å². The molecule has 0 aliphatic carbocycles. The molecule has 0 saturated heterocycles. The number of carbonyl (C=O) groups is 3. The van der Waals surface area contributed by atoms with Crippen LogP contribution in [0.2, 0.25) is 5.02 Å². The van der Waals surface area contributed by atoms with Crippen LogP contribution in [0.15, 0.2) is 42.5 Å². The Labute approximate surface area is 172 Å². The molecule has 2 aromatic rings. The van der Waals surface area contributed by atoms with Crippen molar-refractivity contribution in [2.75, 3.05) is 6.61 Å². The molecule has 0 aliphatic rings. The molecule has 9 heteroatoms. The minimum atomic E-state index is -1.08. The van der Waals surface area contributed by atoms with Crippen molar-refractivity contribution in [3.05, 3.63) is 74.3 Å². The Bertz CT molecular complexity index is 964. The Balaban J connectivity index is 1.97. The molecule has 152 valence electrons. The van der Waals surface area contributed by atoms with E-state index in [9.17, 15) is 24.5 Å². The summed E-state index contributed by atoms with van der Waals surface area (Å²) in [5.41, 5.74) is 0.322. The molecule has 2 amide bonds. The van der Waals surface area contributed by atoms with Gasteiger partial charge in [0.15, 0.2) is 6.61 Å². The molecule has 0 aromatic heterocycles. The van der Waals surface area contributed by atoms with Gasteiger partial charge >= 0.3 is 5.97 Å². The summed E-state index contributed by atoms with van der Waals surface area (Å²) in [6, 6.07) is 10.2. The van der Waals surface area contributed by atoms with Gasteiger partial charge in [0, 0.05) is 16.7 Å². The number of hydrogen-bond donors (Lipinski definition) is 1. The third-order valence-corrected chi connectivity index (χ3v) is 4.21. The summed E-state index contributed by atoms with van der Waals surface area (Å²) in [7, 11) is 0. The molecule has 0 aliphatic heterocycles. The van der Waals surface area contributed by atoms with Crippen molar-refractivity contribution in [2.45, 2.75) is 26.2 Å². The summed E-state index contributed by atoms with van der Waals surface area (Å²) in [6.45, 7) is 5.32. The largest absolute Gasteiger partial charge is 0.452 e. The molecular formula is C20H19ClN2O6. The van der Waals surface area contributed by atoms with Crippen molar-refractivity contribution in [1.29, 1.82) is 0 Å². The first-order chi connectivity index (χ1) is 13.5. The highest BCUT2D eigenvalue weighted by Crippen LogP contribution is 2.24. The summed E-state index contributed by atoms with van der Waals surface area (Å²) in [4.78, 5) is 46.3. The molecule has 8 nitrogen and oxygen atoms in total. The summed E-state index contributed by atoms with van der Waals surface area (Å²) >= 11 is 5.69. The number of imide groups is 1. The normalized spacial score (nSPS) is 10.9. The van der Waals surface area contributed by atoms with E-state index >= 15 is 0 Å². The lowest BCUT2D eigenvalue weighted by Gasteiger charge is -2.18. The number of nitrogens with zero attached hydrogens (tertiary/aromatic N) is 1. The van der Waals surface area contributed by atoms with E-state index in [1.807, 2.05) is 20.8 Å². The molecule has 29 heavy (non-hydrogen) atoms. The quantitative estimate of drug-likeness (QED) is 0.450. The SMILES string of the molecule is CC(C)(C)c1ccc(C(=O)NC(=O)COC(=O)c2ccc(Cl)cc2[N+](=O)[O-])cc1. The average molecular weight is 419 g/mol. The minimum Gasteiger partial charge on any atom is -0.452 e. The number of nitrogens with one attached hydrogen (secondary N) is 1. The van der Waals surface area contributed by atoms with Crippen LogP contribution in [0.5, 0.6) is 0 Å². The highest BCUT2D eigenvalue weighted by Gasteiger charge is 2.23. The van der Waals surface area contributed by atoms with E-state index in [2.05, 4.69) is 5.32 Å². The number of halogens is 1. The molecule has 0 unspecified atom stereocenters. The maximum Gasteiger partial charge on any atom is 0.345 e. The number of nitro benzene ring substituents is 1. The molecule has 0 fully saturated rings. The topological polar surface area (TPSA) is 116 Å². The third-order valence-electron chi connectivity index (χ3n) is 3.98. The van der Waals surface area contributed by atoms with E-state index in [0.29, 0.717) is 0 Å². The van der Waals surface area contributed by atoms with Gasteiger partial charge < -0.3 is 4.74 Å². The zero-order valence-corrected chi connectivity index (χ0v) is 16.8. The van der Waals surface area contributed by atoms with Crippen molar-refractivity contribution in [3.63, 3.8) is 0 Å². The summed E-state index contributed by atoms with van der Waals surface area (Å²) in [5.74, 6) is -2.59. The third kappa shape index (κ3) is 5.86. The first kappa shape index (κ1) is 22.0. The first-order valence-corrected chi connectivity index (χ1v) is 8.92. The summed E-state index contributed by atoms with van der Waals surface area (Å²) < 4.78 is 4.77. The summed E-state index contributed by atoms with van der Waals surface area (Å²) in [6.07, 6.45) is 0. The smallest absolute Gasteiger partial charge is 0.345 e. The Morgan fingerprint density at radius 1 is 1.10 bits per heavy atom. The number of nitro groups is 1. The van der Waals surface area contributed by atoms with Crippen LogP contribution in [0.3, 0.4) is 0 Å². The molecule has 0 saturated carbocycles. The number of hydrogen-bond acceptors (Lipinski definition) is 6. The Morgan fingerprint density at radius 3 is 2.28 bits per heavy atom. The van der Waals surface area contributed by atoms with Crippen LogP contribution in [-0.2, 0) is 14.9 Å². The lowest BCUT2D eigenvalue weighted by Crippen LogP contribution is -2.34. The predicted octanol–water partition coefficient (Wildman–Crippen LogP) is 3.66. The number of esters is 1. The van der Waals surface area contributed by atoms with Crippen LogP contribution < -0.4 is 5.32 Å². The van der Waals surface area contributed by atoms with Crippen LogP contribution in [0.1, 0.15) is 47.1 Å². The molecule has 2 rings (SSSR count). The monoisotopic (exact) mass is 418 g/mol. The van der Waals surface area contributed by atoms with E-state index < -0.39 is 35.0 Å². The maximum absolute atomic E-state index is 12.1. The van der Waals surface area contributed by atoms with Gasteiger partial charge in [0.25, 0.3) is 17.5 Å². The second-order valence-corrected chi connectivity index (χ2v) is 7.64. The van der Waals surface area contributed by atoms with E-state index in [-0.39, 0.29) is 21.6 Å². The van der Waals surface area contributed by atoms with Gasteiger partial charge in [0.1, 0.15) is 5.56 Å². The zero-order valence-electron chi connectivity index (χ0n) is 16.0. The van der Waals surface area contributed by atoms with Crippen molar-refractivity contribution in [1.82, 2.24) is 5.32 Å². The van der Waals surface area contributed by atoms with Crippen LogP contribution in [0.25, 0.3) is 0 Å². The number of rotatable bonds is 5. The number of ether oxygens (including phenoxy) is 1. The van der Waals surface area contributed by atoms with Gasteiger partial charge in [-0.25, -0.2) is 4.79 Å². The average Bonchev–Trinajstić information content (AvgIpc) is 2.65. The number of carbonyl (C=O) groups excluding carboxylic acids is 3. The molecule has 1 N–H and O–H groups in total. The Hall–Kier alpha value is -3.26. The van der Waals surface area contributed by atoms with Crippen LogP contribution >= 0.6 is 11.6 Å². The predicted molar refractivity (Wildman–Crippen MR) is 106 cm³/mol. The van der Waals surface area contributed by atoms with Crippen LogP contribution in [-0.4, -0.2) is 29.3 Å². The fraction of sp³-hybridized carbons (Fsp3) is 0.250. The van der Waals surface area contributed by atoms with Crippen LogP contribution in [0.4, 0.5) is 5.69 Å². The molecule has 0 atom stereocenters. The minimum absolute atomic E-state index is 0.0778. The molecule has 0 bridgehead atoms. The van der Waals surface area contributed by atoms with Crippen molar-refractivity contribution >= 4 is 35.1 Å². The van der Waals surface area contributed by atoms with Crippen LogP contribution in [0, 0.1) is 10.1 Å². The highest BCUT2D eigenvalue weighted by atomic mass is 35.5. The summed E-state index contributed by atoms with van der Waals surface area (Å²) in [5, 5.41) is 13.2. The highest BCUT2D eigenvalue weighted by molar-refractivity contribution is 6.31. The standard InChI is InChI=1S/C20H19ClN2O6/c1-20(2,3)13-6-4-12(5-7-13)18(25)22-17(24)11-29-19(26)15-9-8-14(21)10-16(15)23(27)28/h4-10H,11H2,1-3H3,(H,22,24,25). The lowest BCUT2D eigenvalue weighted by molar-refractivity contribution is -0.385. The van der Waals surface area contributed by atoms with Gasteiger partial charge in [-0.1, -0.05) is 44.5 Å². The fourth-order valence-corrected chi connectivity index (χ4v) is 2.56. The van der Waals surface area contributed by atoms with Crippen molar-refractivity contribution < 1.29 is 24.0 Å². The maximum atomic E-state index is 12.1. The van der Waals surface area contributed by atoms with Gasteiger partial charge in [-0.3, -0.25) is 25.0 Å². The first-order valence-electron chi connectivity index (χ1n) is 8.55. The van der Waals surface area contributed by atoms with E-state index in [0.717, 1.165) is 17.7 Å². The van der Waals surface area contributed by atoms with Gasteiger partial charge in [-0.05, 0) is 35.2 Å². The van der Waals surface area contributed by atoms with Gasteiger partial charge in [-0.2, -0.15) is 0 Å². The second-order valence-electron chi connectivity index (χ2n) is 7.20. The van der Waals surface area contributed by atoms with Crippen molar-refractivity contribution in [2.24, 2.45) is 0 Å². The van der Waals surface area contributed by atoms with Gasteiger partial charge in [0.2, 0.25) is 0 Å². The number of amides is 2. The molecule has 0 heterocycles. The lowest BCUT2D eigenvalue weighted by atomic mass is 9.87. The van der Waals surface area contributed by atoms with E-state index in [1.54, 1.807) is 24.3 Å². The number of benzene rings is 2. The fourth-order valence-electron chi connectivity index (χ4n) is 2.39. The van der Waals surface area contributed by atoms with Gasteiger partial charge in [0.05, 0.1) is 4.92 Å². The van der Waals surface area contributed by atoms with Gasteiger partial charge in [-0.15, -0.1) is 0 Å². The molecule has 0 radical (unpaired) electrons. The Kier molecular flexibility index (Phi) is 6.71. The van der Waals surface area contributed by atoms with Crippen molar-refractivity contribution in [3.8, 4) is 0 Å². The molecular weight excluding hydrogens is 400 g/mol. The second kappa shape index (κ2) is 8.83. The molecule has 0 spiro atoms. The Morgan fingerprint density at radius 2 is 1.72 bits per heavy atom. The van der Waals surface area contributed by atoms with E-state index in [4.69, 9.17) is 16.3 Å². The zero-order chi connectivity index (χ0) is 21.8. The molecule has 2 aromatic carbocycles.